The molecule has 0 aromatic carbocycles. The van der Waals surface area contributed by atoms with Crippen LogP contribution in [0.3, 0.4) is 0 Å². The molecule has 1 aromatic rings. The summed E-state index contributed by atoms with van der Waals surface area (Å²) in [7, 11) is 3.28. The second-order valence-corrected chi connectivity index (χ2v) is 3.30. The van der Waals surface area contributed by atoms with Crippen LogP contribution in [-0.4, -0.2) is 37.3 Å². The van der Waals surface area contributed by atoms with Gasteiger partial charge in [-0.15, -0.1) is 0 Å². The highest BCUT2D eigenvalue weighted by atomic mass is 16.5. The minimum absolute atomic E-state index is 0.359. The number of nitrogen functional groups attached to an aromatic ring is 1. The van der Waals surface area contributed by atoms with E-state index in [2.05, 4.69) is 15.3 Å². The number of nitrogens with one attached hydrogen (secondary N) is 1. The summed E-state index contributed by atoms with van der Waals surface area (Å²) in [6.45, 7) is 1.87. The van der Waals surface area contributed by atoms with Crippen LogP contribution in [0.5, 0.6) is 0 Å². The van der Waals surface area contributed by atoms with Crippen LogP contribution in [0.1, 0.15) is 12.2 Å². The third kappa shape index (κ3) is 4.41. The fourth-order valence-electron chi connectivity index (χ4n) is 1.23. The average molecular weight is 226 g/mol. The van der Waals surface area contributed by atoms with Crippen molar-refractivity contribution in [2.75, 3.05) is 38.4 Å². The first kappa shape index (κ1) is 12.7. The minimum Gasteiger partial charge on any atom is -0.385 e. The summed E-state index contributed by atoms with van der Waals surface area (Å²) < 4.78 is 9.90. The van der Waals surface area contributed by atoms with Gasteiger partial charge in [-0.25, -0.2) is 9.97 Å². The van der Waals surface area contributed by atoms with E-state index in [4.69, 9.17) is 15.2 Å². The number of rotatable bonds is 7. The van der Waals surface area contributed by atoms with Crippen molar-refractivity contribution in [3.8, 4) is 0 Å². The third-order valence-corrected chi connectivity index (χ3v) is 1.90. The molecule has 0 unspecified atom stereocenters. The topological polar surface area (TPSA) is 82.3 Å². The van der Waals surface area contributed by atoms with E-state index in [0.29, 0.717) is 18.2 Å². The molecule has 3 N–H and O–H groups in total. The average Bonchev–Trinajstić information content (AvgIpc) is 2.24. The van der Waals surface area contributed by atoms with Crippen molar-refractivity contribution in [1.29, 1.82) is 0 Å². The number of hydrogen-bond donors (Lipinski definition) is 2. The molecule has 0 atom stereocenters. The lowest BCUT2D eigenvalue weighted by atomic mass is 10.4. The molecule has 16 heavy (non-hydrogen) atoms. The molecule has 0 radical (unpaired) electrons. The summed E-state index contributed by atoms with van der Waals surface area (Å²) in [6, 6.07) is 1.70. The van der Waals surface area contributed by atoms with Crippen LogP contribution in [0.2, 0.25) is 0 Å². The first-order chi connectivity index (χ1) is 7.76. The Bertz CT molecular complexity index is 320. The Morgan fingerprint density at radius 1 is 1.31 bits per heavy atom. The van der Waals surface area contributed by atoms with Gasteiger partial charge in [0.2, 0.25) is 0 Å². The molecule has 1 aromatic heterocycles. The monoisotopic (exact) mass is 226 g/mol. The summed E-state index contributed by atoms with van der Waals surface area (Å²) in [5.74, 6) is 1.74. The van der Waals surface area contributed by atoms with E-state index in [1.54, 1.807) is 20.3 Å². The zero-order valence-electron chi connectivity index (χ0n) is 9.69. The van der Waals surface area contributed by atoms with Gasteiger partial charge in [-0.2, -0.15) is 0 Å². The van der Waals surface area contributed by atoms with Gasteiger partial charge in [0.05, 0.1) is 0 Å². The Balaban J connectivity index is 2.51. The molecule has 0 aliphatic carbocycles. The molecular weight excluding hydrogens is 208 g/mol. The van der Waals surface area contributed by atoms with Crippen molar-refractivity contribution in [2.45, 2.75) is 13.0 Å². The summed E-state index contributed by atoms with van der Waals surface area (Å²) in [6.07, 6.45) is 0.917. The second-order valence-electron chi connectivity index (χ2n) is 3.30. The van der Waals surface area contributed by atoms with E-state index in [1.807, 2.05) is 0 Å². The van der Waals surface area contributed by atoms with Crippen molar-refractivity contribution < 1.29 is 9.47 Å². The molecule has 0 amide bonds. The smallest absolute Gasteiger partial charge is 0.158 e. The van der Waals surface area contributed by atoms with E-state index in [0.717, 1.165) is 25.4 Å². The highest BCUT2D eigenvalue weighted by Gasteiger charge is 2.01. The minimum atomic E-state index is 0.359. The largest absolute Gasteiger partial charge is 0.385 e. The third-order valence-electron chi connectivity index (χ3n) is 1.90. The lowest BCUT2D eigenvalue weighted by molar-refractivity contribution is 0.178. The van der Waals surface area contributed by atoms with Gasteiger partial charge in [0.1, 0.15) is 18.2 Å². The molecule has 1 heterocycles. The van der Waals surface area contributed by atoms with Crippen LogP contribution in [0, 0.1) is 0 Å². The van der Waals surface area contributed by atoms with Crippen LogP contribution >= 0.6 is 0 Å². The van der Waals surface area contributed by atoms with Gasteiger partial charge in [-0.1, -0.05) is 0 Å². The molecule has 0 saturated carbocycles. The van der Waals surface area contributed by atoms with E-state index >= 15 is 0 Å². The van der Waals surface area contributed by atoms with Crippen LogP contribution in [0.4, 0.5) is 11.6 Å². The van der Waals surface area contributed by atoms with Gasteiger partial charge in [-0.3, -0.25) is 0 Å². The normalized spacial score (nSPS) is 10.4. The maximum atomic E-state index is 5.65. The highest BCUT2D eigenvalue weighted by molar-refractivity contribution is 5.44. The molecule has 6 heteroatoms. The van der Waals surface area contributed by atoms with Crippen molar-refractivity contribution in [2.24, 2.45) is 0 Å². The lowest BCUT2D eigenvalue weighted by Crippen LogP contribution is -2.09. The zero-order chi connectivity index (χ0) is 11.8. The van der Waals surface area contributed by atoms with Crippen molar-refractivity contribution in [1.82, 2.24) is 9.97 Å². The second kappa shape index (κ2) is 6.97. The number of anilines is 2. The van der Waals surface area contributed by atoms with Crippen LogP contribution < -0.4 is 11.1 Å². The molecular formula is C10H18N4O2. The number of nitrogens with zero attached hydrogens (tertiary/aromatic N) is 2. The Kier molecular flexibility index (Phi) is 5.52. The van der Waals surface area contributed by atoms with Crippen LogP contribution in [0.25, 0.3) is 0 Å². The highest BCUT2D eigenvalue weighted by Crippen LogP contribution is 2.08. The maximum Gasteiger partial charge on any atom is 0.158 e. The summed E-state index contributed by atoms with van der Waals surface area (Å²) in [4.78, 5) is 8.30. The van der Waals surface area contributed by atoms with E-state index < -0.39 is 0 Å². The summed E-state index contributed by atoms with van der Waals surface area (Å²) >= 11 is 0. The first-order valence-corrected chi connectivity index (χ1v) is 5.11. The SMILES string of the molecule is COCCCNc1cc(N)nc(COC)n1. The fraction of sp³-hybridized carbons (Fsp3) is 0.600. The molecule has 90 valence electrons. The molecule has 6 nitrogen and oxygen atoms in total. The van der Waals surface area contributed by atoms with E-state index in [9.17, 15) is 0 Å². The van der Waals surface area contributed by atoms with E-state index in [1.165, 1.54) is 0 Å². The Morgan fingerprint density at radius 3 is 2.81 bits per heavy atom. The van der Waals surface area contributed by atoms with Crippen molar-refractivity contribution in [3.05, 3.63) is 11.9 Å². The molecule has 0 spiro atoms. The number of nitrogens with two attached hydrogens (primary N) is 1. The standard InChI is InChI=1S/C10H18N4O2/c1-15-5-3-4-12-9-6-8(11)13-10(14-9)7-16-2/h6H,3-5,7H2,1-2H3,(H3,11,12,13,14). The van der Waals surface area contributed by atoms with Crippen molar-refractivity contribution >= 4 is 11.6 Å². The predicted molar refractivity (Wildman–Crippen MR) is 62.1 cm³/mol. The predicted octanol–water partition coefficient (Wildman–Crippen LogP) is 0.654. The van der Waals surface area contributed by atoms with E-state index in [-0.39, 0.29) is 0 Å². The molecule has 0 fully saturated rings. The number of hydrogen-bond acceptors (Lipinski definition) is 6. The van der Waals surface area contributed by atoms with Gasteiger partial charge in [-0.05, 0) is 6.42 Å². The van der Waals surface area contributed by atoms with Gasteiger partial charge in [0.25, 0.3) is 0 Å². The Hall–Kier alpha value is -1.40. The van der Waals surface area contributed by atoms with Crippen LogP contribution in [0.15, 0.2) is 6.07 Å². The van der Waals surface area contributed by atoms with Gasteiger partial charge in [0, 0.05) is 33.4 Å². The number of ether oxygens (including phenoxy) is 2. The lowest BCUT2D eigenvalue weighted by Gasteiger charge is -2.07. The van der Waals surface area contributed by atoms with Gasteiger partial charge >= 0.3 is 0 Å². The molecule has 0 bridgehead atoms. The zero-order valence-corrected chi connectivity index (χ0v) is 9.69. The van der Waals surface area contributed by atoms with Crippen LogP contribution in [-0.2, 0) is 16.1 Å². The fourth-order valence-corrected chi connectivity index (χ4v) is 1.23. The number of methoxy groups -OCH3 is 2. The number of aromatic nitrogens is 2. The molecule has 0 saturated heterocycles. The summed E-state index contributed by atoms with van der Waals surface area (Å²) in [5, 5.41) is 3.15. The quantitative estimate of drug-likeness (QED) is 0.664. The maximum absolute atomic E-state index is 5.65. The summed E-state index contributed by atoms with van der Waals surface area (Å²) in [5.41, 5.74) is 5.65. The molecule has 1 rings (SSSR count). The van der Waals surface area contributed by atoms with Gasteiger partial charge in [0.15, 0.2) is 5.82 Å². The Morgan fingerprint density at radius 2 is 2.12 bits per heavy atom. The Labute approximate surface area is 95.2 Å². The molecule has 0 aliphatic heterocycles. The van der Waals surface area contributed by atoms with Crippen molar-refractivity contribution in [3.63, 3.8) is 0 Å². The first-order valence-electron chi connectivity index (χ1n) is 5.11. The molecule has 0 aliphatic rings. The van der Waals surface area contributed by atoms with Gasteiger partial charge < -0.3 is 20.5 Å².